The van der Waals surface area contributed by atoms with Crippen LogP contribution in [0.1, 0.15) is 20.8 Å². The van der Waals surface area contributed by atoms with Crippen molar-refractivity contribution < 1.29 is 0 Å². The van der Waals surface area contributed by atoms with Crippen molar-refractivity contribution in [2.75, 3.05) is 6.26 Å². The van der Waals surface area contributed by atoms with E-state index in [2.05, 4.69) is 74.5 Å². The first-order valence-electron chi connectivity index (χ1n) is 9.12. The SMILES string of the molecule is CSc1cnc2ccccc2c1Sc1cnc2ccccc2c1SC(C)(C)C. The first-order chi connectivity index (χ1) is 13.5. The van der Waals surface area contributed by atoms with E-state index in [-0.39, 0.29) is 4.75 Å². The van der Waals surface area contributed by atoms with Crippen LogP contribution in [0.3, 0.4) is 0 Å². The second-order valence-corrected chi connectivity index (χ2v) is 11.2. The molecule has 0 saturated heterocycles. The molecular formula is C23H22N2S3. The Balaban J connectivity index is 1.91. The lowest BCUT2D eigenvalue weighted by molar-refractivity contribution is 0.801. The van der Waals surface area contributed by atoms with Crippen LogP contribution in [0.5, 0.6) is 0 Å². The van der Waals surface area contributed by atoms with Gasteiger partial charge in [-0.3, -0.25) is 9.97 Å². The highest BCUT2D eigenvalue weighted by atomic mass is 32.2. The summed E-state index contributed by atoms with van der Waals surface area (Å²) in [5.74, 6) is 0. The summed E-state index contributed by atoms with van der Waals surface area (Å²) in [5.41, 5.74) is 2.07. The molecule has 2 nitrogen and oxygen atoms in total. The zero-order valence-electron chi connectivity index (χ0n) is 16.4. The summed E-state index contributed by atoms with van der Waals surface area (Å²) >= 11 is 5.46. The molecule has 0 amide bonds. The van der Waals surface area contributed by atoms with Crippen LogP contribution in [0, 0.1) is 0 Å². The van der Waals surface area contributed by atoms with Crippen LogP contribution < -0.4 is 0 Å². The zero-order chi connectivity index (χ0) is 19.7. The van der Waals surface area contributed by atoms with Crippen LogP contribution in [0.15, 0.2) is 80.5 Å². The molecule has 5 heteroatoms. The van der Waals surface area contributed by atoms with Gasteiger partial charge in [0.25, 0.3) is 0 Å². The van der Waals surface area contributed by atoms with Gasteiger partial charge in [-0.15, -0.1) is 23.5 Å². The molecule has 4 aromatic rings. The maximum atomic E-state index is 4.75. The molecule has 0 bridgehead atoms. The van der Waals surface area contributed by atoms with E-state index in [1.807, 2.05) is 30.2 Å². The summed E-state index contributed by atoms with van der Waals surface area (Å²) in [7, 11) is 0. The Morgan fingerprint density at radius 1 is 0.714 bits per heavy atom. The van der Waals surface area contributed by atoms with Gasteiger partial charge >= 0.3 is 0 Å². The molecule has 0 aliphatic carbocycles. The van der Waals surface area contributed by atoms with Gasteiger partial charge in [-0.25, -0.2) is 0 Å². The Hall–Kier alpha value is -1.69. The van der Waals surface area contributed by atoms with Crippen molar-refractivity contribution in [1.82, 2.24) is 9.97 Å². The summed E-state index contributed by atoms with van der Waals surface area (Å²) < 4.78 is 0.113. The first kappa shape index (κ1) is 19.6. The highest BCUT2D eigenvalue weighted by Crippen LogP contribution is 2.46. The maximum Gasteiger partial charge on any atom is 0.0714 e. The second kappa shape index (κ2) is 7.97. The molecule has 0 saturated carbocycles. The van der Waals surface area contributed by atoms with Gasteiger partial charge in [0.2, 0.25) is 0 Å². The van der Waals surface area contributed by atoms with Gasteiger partial charge in [-0.05, 0) is 18.4 Å². The monoisotopic (exact) mass is 422 g/mol. The molecule has 0 fully saturated rings. The predicted octanol–water partition coefficient (Wildman–Crippen LogP) is 7.55. The van der Waals surface area contributed by atoms with Gasteiger partial charge in [0.1, 0.15) is 0 Å². The maximum absolute atomic E-state index is 4.75. The minimum Gasteiger partial charge on any atom is -0.255 e. The fourth-order valence-electron chi connectivity index (χ4n) is 3.04. The Kier molecular flexibility index (Phi) is 5.59. The fraction of sp³-hybridized carbons (Fsp3) is 0.217. The van der Waals surface area contributed by atoms with Crippen LogP contribution in [0.4, 0.5) is 0 Å². The Labute approximate surface area is 178 Å². The summed E-state index contributed by atoms with van der Waals surface area (Å²) in [6, 6.07) is 16.8. The lowest BCUT2D eigenvalue weighted by Gasteiger charge is -2.21. The number of hydrogen-bond donors (Lipinski definition) is 0. The minimum absolute atomic E-state index is 0.113. The number of benzene rings is 2. The highest BCUT2D eigenvalue weighted by Gasteiger charge is 2.20. The van der Waals surface area contributed by atoms with E-state index in [1.165, 1.54) is 30.4 Å². The molecule has 2 aromatic heterocycles. The molecule has 0 unspecified atom stereocenters. The average Bonchev–Trinajstić information content (AvgIpc) is 2.69. The van der Waals surface area contributed by atoms with Crippen LogP contribution in [0.25, 0.3) is 21.8 Å². The third-order valence-corrected chi connectivity index (χ3v) is 7.66. The molecule has 28 heavy (non-hydrogen) atoms. The lowest BCUT2D eigenvalue weighted by atomic mass is 10.2. The van der Waals surface area contributed by atoms with Crippen molar-refractivity contribution >= 4 is 57.1 Å². The van der Waals surface area contributed by atoms with Crippen molar-refractivity contribution in [3.05, 3.63) is 60.9 Å². The first-order valence-corrected chi connectivity index (χ1v) is 12.0. The van der Waals surface area contributed by atoms with E-state index >= 15 is 0 Å². The Morgan fingerprint density at radius 2 is 1.25 bits per heavy atom. The van der Waals surface area contributed by atoms with Gasteiger partial charge < -0.3 is 0 Å². The van der Waals surface area contributed by atoms with Gasteiger partial charge in [0.15, 0.2) is 0 Å². The lowest BCUT2D eigenvalue weighted by Crippen LogP contribution is -2.07. The largest absolute Gasteiger partial charge is 0.255 e. The summed E-state index contributed by atoms with van der Waals surface area (Å²) in [6.07, 6.45) is 6.13. The number of thioether (sulfide) groups is 2. The van der Waals surface area contributed by atoms with Crippen molar-refractivity contribution in [3.63, 3.8) is 0 Å². The number of aromatic nitrogens is 2. The quantitative estimate of drug-likeness (QED) is 0.316. The van der Waals surface area contributed by atoms with Crippen molar-refractivity contribution in [1.29, 1.82) is 0 Å². The van der Waals surface area contributed by atoms with E-state index in [4.69, 9.17) is 4.98 Å². The number of pyridine rings is 2. The van der Waals surface area contributed by atoms with E-state index < -0.39 is 0 Å². The topological polar surface area (TPSA) is 25.8 Å². The molecule has 0 N–H and O–H groups in total. The standard InChI is InChI=1S/C23H22N2S3/c1-23(2,3)28-22-16-10-6-8-12-18(16)25-14-20(22)27-21-15-9-5-7-11-17(15)24-13-19(21)26-4/h5-14H,1-4H3. The number of para-hydroxylation sites is 2. The van der Waals surface area contributed by atoms with E-state index in [9.17, 15) is 0 Å². The molecule has 4 rings (SSSR count). The van der Waals surface area contributed by atoms with Gasteiger partial charge in [-0.2, -0.15) is 0 Å². The molecule has 0 spiro atoms. The normalized spacial score (nSPS) is 12.0. The number of hydrogen-bond acceptors (Lipinski definition) is 5. The van der Waals surface area contributed by atoms with Crippen molar-refractivity contribution in [2.45, 2.75) is 45.1 Å². The fourth-order valence-corrected chi connectivity index (χ4v) is 6.13. The summed E-state index contributed by atoms with van der Waals surface area (Å²) in [5, 5.41) is 2.41. The van der Waals surface area contributed by atoms with Gasteiger partial charge in [0.05, 0.1) is 11.0 Å². The molecule has 0 atom stereocenters. The van der Waals surface area contributed by atoms with Crippen LogP contribution >= 0.6 is 35.3 Å². The van der Waals surface area contributed by atoms with Crippen LogP contribution in [0.2, 0.25) is 0 Å². The number of rotatable bonds is 4. The van der Waals surface area contributed by atoms with Crippen molar-refractivity contribution in [3.8, 4) is 0 Å². The molecular weight excluding hydrogens is 400 g/mol. The highest BCUT2D eigenvalue weighted by molar-refractivity contribution is 8.04. The Bertz CT molecular complexity index is 1150. The van der Waals surface area contributed by atoms with Crippen LogP contribution in [-0.2, 0) is 0 Å². The molecule has 0 aliphatic heterocycles. The molecule has 0 radical (unpaired) electrons. The van der Waals surface area contributed by atoms with E-state index in [0.717, 1.165) is 11.0 Å². The van der Waals surface area contributed by atoms with E-state index in [1.54, 1.807) is 23.5 Å². The predicted molar refractivity (Wildman–Crippen MR) is 125 cm³/mol. The average molecular weight is 423 g/mol. The van der Waals surface area contributed by atoms with Gasteiger partial charge in [-0.1, -0.05) is 68.9 Å². The number of nitrogens with zero attached hydrogens (tertiary/aromatic N) is 2. The molecule has 142 valence electrons. The van der Waals surface area contributed by atoms with Crippen LogP contribution in [-0.4, -0.2) is 21.0 Å². The minimum atomic E-state index is 0.113. The number of fused-ring (bicyclic) bond motifs is 2. The summed E-state index contributed by atoms with van der Waals surface area (Å²) in [6.45, 7) is 6.78. The zero-order valence-corrected chi connectivity index (χ0v) is 18.8. The Morgan fingerprint density at radius 3 is 1.82 bits per heavy atom. The smallest absolute Gasteiger partial charge is 0.0714 e. The third-order valence-electron chi connectivity index (χ3n) is 4.23. The molecule has 0 aliphatic rings. The molecule has 2 aromatic carbocycles. The van der Waals surface area contributed by atoms with Gasteiger partial charge in [0, 0.05) is 47.5 Å². The second-order valence-electron chi connectivity index (χ2n) is 7.46. The van der Waals surface area contributed by atoms with E-state index in [0.29, 0.717) is 0 Å². The summed E-state index contributed by atoms with van der Waals surface area (Å²) in [4.78, 5) is 14.3. The third kappa shape index (κ3) is 4.02. The molecule has 2 heterocycles. The van der Waals surface area contributed by atoms with Crippen molar-refractivity contribution in [2.24, 2.45) is 0 Å².